The largest absolute Gasteiger partial charge is 0.480 e. The van der Waals surface area contributed by atoms with Crippen molar-refractivity contribution in [3.63, 3.8) is 0 Å². The summed E-state index contributed by atoms with van der Waals surface area (Å²) in [5.41, 5.74) is -1.49. The van der Waals surface area contributed by atoms with E-state index in [-0.39, 0.29) is 37.6 Å². The molecule has 0 aromatic carbocycles. The van der Waals surface area contributed by atoms with Crippen LogP contribution in [0.4, 0.5) is 0 Å². The van der Waals surface area contributed by atoms with Crippen LogP contribution in [-0.2, 0) is 19.1 Å². The van der Waals surface area contributed by atoms with Gasteiger partial charge >= 0.3 is 11.9 Å². The third kappa shape index (κ3) is 3.95. The van der Waals surface area contributed by atoms with Gasteiger partial charge in [-0.25, -0.2) is 0 Å². The highest BCUT2D eigenvalue weighted by Gasteiger charge is 2.50. The van der Waals surface area contributed by atoms with Crippen molar-refractivity contribution in [2.45, 2.75) is 65.6 Å². The van der Waals surface area contributed by atoms with E-state index in [0.29, 0.717) is 0 Å². The van der Waals surface area contributed by atoms with Gasteiger partial charge in [-0.15, -0.1) is 0 Å². The van der Waals surface area contributed by atoms with Crippen LogP contribution in [0.2, 0.25) is 0 Å². The van der Waals surface area contributed by atoms with E-state index in [1.807, 2.05) is 20.8 Å². The topological polar surface area (TPSA) is 72.8 Å². The number of ether oxygens (including phenoxy) is 2. The summed E-state index contributed by atoms with van der Waals surface area (Å²) in [5.74, 6) is -1.65. The molecule has 1 fully saturated rings. The fourth-order valence-corrected chi connectivity index (χ4v) is 2.90. The van der Waals surface area contributed by atoms with E-state index in [9.17, 15) is 14.7 Å². The molecule has 0 saturated carbocycles. The number of carboxylic acids is 1. The monoisotopic (exact) mass is 286 g/mol. The minimum absolute atomic E-state index is 0.0920. The molecule has 0 aromatic rings. The van der Waals surface area contributed by atoms with Gasteiger partial charge in [-0.3, -0.25) is 9.59 Å². The maximum Gasteiger partial charge on any atom is 0.323 e. The van der Waals surface area contributed by atoms with Crippen LogP contribution in [0.5, 0.6) is 0 Å². The Morgan fingerprint density at radius 1 is 1.40 bits per heavy atom. The van der Waals surface area contributed by atoms with Crippen LogP contribution >= 0.6 is 0 Å². The quantitative estimate of drug-likeness (QED) is 0.575. The number of carboxylic acid groups (broad SMARTS) is 1. The molecular weight excluding hydrogens is 260 g/mol. The highest BCUT2D eigenvalue weighted by molar-refractivity contribution is 5.99. The molecule has 1 aliphatic rings. The third-order valence-corrected chi connectivity index (χ3v) is 3.73. The first kappa shape index (κ1) is 17.0. The van der Waals surface area contributed by atoms with Crippen LogP contribution in [0.3, 0.4) is 0 Å². The van der Waals surface area contributed by atoms with Crippen molar-refractivity contribution in [1.29, 1.82) is 0 Å². The number of hydrogen-bond donors (Lipinski definition) is 1. The van der Waals surface area contributed by atoms with Gasteiger partial charge in [-0.1, -0.05) is 13.8 Å². The molecule has 3 atom stereocenters. The van der Waals surface area contributed by atoms with Gasteiger partial charge < -0.3 is 14.6 Å². The van der Waals surface area contributed by atoms with E-state index < -0.39 is 17.4 Å². The molecule has 1 N–H and O–H groups in total. The van der Waals surface area contributed by atoms with E-state index in [2.05, 4.69) is 0 Å². The molecule has 5 heteroatoms. The number of hydrogen-bond acceptors (Lipinski definition) is 4. The normalized spacial score (nSPS) is 25.4. The number of rotatable bonds is 7. The van der Waals surface area contributed by atoms with Crippen molar-refractivity contribution < 1.29 is 24.2 Å². The lowest BCUT2D eigenvalue weighted by atomic mass is 9.75. The van der Waals surface area contributed by atoms with E-state index in [1.165, 1.54) is 0 Å². The SMILES string of the molecule is CCOC(=O)C(CC(C)C)(CC1CCC(C)O1)C(=O)O. The molecule has 1 heterocycles. The summed E-state index contributed by atoms with van der Waals surface area (Å²) in [6, 6.07) is 0. The lowest BCUT2D eigenvalue weighted by molar-refractivity contribution is -0.173. The molecule has 0 aliphatic carbocycles. The van der Waals surface area contributed by atoms with Gasteiger partial charge in [0.1, 0.15) is 0 Å². The number of aliphatic carboxylic acids is 1. The summed E-state index contributed by atoms with van der Waals surface area (Å²) in [6.45, 7) is 7.67. The number of carbonyl (C=O) groups is 2. The summed E-state index contributed by atoms with van der Waals surface area (Å²) in [6.07, 6.45) is 2.13. The highest BCUT2D eigenvalue weighted by atomic mass is 16.5. The van der Waals surface area contributed by atoms with Crippen molar-refractivity contribution in [2.75, 3.05) is 6.61 Å². The smallest absolute Gasteiger partial charge is 0.323 e. The Bertz CT molecular complexity index is 352. The summed E-state index contributed by atoms with van der Waals surface area (Å²) in [4.78, 5) is 24.0. The van der Waals surface area contributed by atoms with Gasteiger partial charge in [-0.2, -0.15) is 0 Å². The molecule has 1 rings (SSSR count). The van der Waals surface area contributed by atoms with Crippen molar-refractivity contribution in [2.24, 2.45) is 11.3 Å². The summed E-state index contributed by atoms with van der Waals surface area (Å²) < 4.78 is 10.7. The Morgan fingerprint density at radius 2 is 2.05 bits per heavy atom. The van der Waals surface area contributed by atoms with Gasteiger partial charge in [0.05, 0.1) is 18.8 Å². The molecule has 0 radical (unpaired) electrons. The fraction of sp³-hybridized carbons (Fsp3) is 0.867. The van der Waals surface area contributed by atoms with E-state index >= 15 is 0 Å². The summed E-state index contributed by atoms with van der Waals surface area (Å²) in [7, 11) is 0. The second-order valence-electron chi connectivity index (χ2n) is 6.06. The van der Waals surface area contributed by atoms with Crippen LogP contribution in [0.25, 0.3) is 0 Å². The molecule has 1 saturated heterocycles. The minimum atomic E-state index is -1.49. The average Bonchev–Trinajstić information content (AvgIpc) is 2.73. The zero-order valence-corrected chi connectivity index (χ0v) is 12.8. The Morgan fingerprint density at radius 3 is 2.45 bits per heavy atom. The molecule has 1 aliphatic heterocycles. The van der Waals surface area contributed by atoms with Crippen molar-refractivity contribution in [1.82, 2.24) is 0 Å². The molecule has 0 aromatic heterocycles. The lowest BCUT2D eigenvalue weighted by Gasteiger charge is -2.31. The Labute approximate surface area is 120 Å². The molecule has 0 bridgehead atoms. The van der Waals surface area contributed by atoms with Crippen LogP contribution in [0.15, 0.2) is 0 Å². The van der Waals surface area contributed by atoms with Gasteiger partial charge in [0.2, 0.25) is 0 Å². The molecule has 116 valence electrons. The van der Waals surface area contributed by atoms with Gasteiger partial charge in [0.15, 0.2) is 5.41 Å². The second kappa shape index (κ2) is 7.07. The maximum absolute atomic E-state index is 12.3. The second-order valence-corrected chi connectivity index (χ2v) is 6.06. The first-order valence-electron chi connectivity index (χ1n) is 7.38. The predicted octanol–water partition coefficient (Wildman–Crippen LogP) is 2.62. The summed E-state index contributed by atoms with van der Waals surface area (Å²) >= 11 is 0. The number of esters is 1. The van der Waals surface area contributed by atoms with E-state index in [4.69, 9.17) is 9.47 Å². The summed E-state index contributed by atoms with van der Waals surface area (Å²) in [5, 5.41) is 9.64. The fourth-order valence-electron chi connectivity index (χ4n) is 2.90. The Hall–Kier alpha value is -1.10. The maximum atomic E-state index is 12.3. The van der Waals surface area contributed by atoms with Gasteiger partial charge in [-0.05, 0) is 39.0 Å². The average molecular weight is 286 g/mol. The number of carbonyl (C=O) groups excluding carboxylic acids is 1. The minimum Gasteiger partial charge on any atom is -0.480 e. The third-order valence-electron chi connectivity index (χ3n) is 3.73. The predicted molar refractivity (Wildman–Crippen MR) is 74.3 cm³/mol. The first-order chi connectivity index (χ1) is 9.31. The molecular formula is C15H26O5. The van der Waals surface area contributed by atoms with Crippen molar-refractivity contribution >= 4 is 11.9 Å². The van der Waals surface area contributed by atoms with Crippen molar-refractivity contribution in [3.05, 3.63) is 0 Å². The van der Waals surface area contributed by atoms with E-state index in [0.717, 1.165) is 12.8 Å². The van der Waals surface area contributed by atoms with E-state index in [1.54, 1.807) is 6.92 Å². The zero-order chi connectivity index (χ0) is 15.3. The van der Waals surface area contributed by atoms with Crippen molar-refractivity contribution in [3.8, 4) is 0 Å². The molecule has 3 unspecified atom stereocenters. The molecule has 0 spiro atoms. The standard InChI is InChI=1S/C15H26O5/c1-5-19-14(18)15(13(16)17,8-10(2)3)9-12-7-6-11(4)20-12/h10-12H,5-9H2,1-4H3,(H,16,17). The van der Waals surface area contributed by atoms with Gasteiger partial charge in [0, 0.05) is 6.42 Å². The van der Waals surface area contributed by atoms with Crippen LogP contribution in [0.1, 0.15) is 53.4 Å². The lowest BCUT2D eigenvalue weighted by Crippen LogP contribution is -2.44. The molecule has 20 heavy (non-hydrogen) atoms. The zero-order valence-electron chi connectivity index (χ0n) is 12.8. The van der Waals surface area contributed by atoms with Crippen LogP contribution < -0.4 is 0 Å². The molecule has 0 amide bonds. The van der Waals surface area contributed by atoms with Gasteiger partial charge in [0.25, 0.3) is 0 Å². The first-order valence-corrected chi connectivity index (χ1v) is 7.38. The highest BCUT2D eigenvalue weighted by Crippen LogP contribution is 2.38. The van der Waals surface area contributed by atoms with Crippen LogP contribution in [0, 0.1) is 11.3 Å². The van der Waals surface area contributed by atoms with Crippen LogP contribution in [-0.4, -0.2) is 35.9 Å². The Balaban J connectivity index is 2.96. The molecule has 5 nitrogen and oxygen atoms in total. The Kier molecular flexibility index (Phi) is 5.99.